The van der Waals surface area contributed by atoms with Crippen LogP contribution in [0.1, 0.15) is 36.8 Å². The second kappa shape index (κ2) is 9.85. The molecule has 0 spiro atoms. The standard InChI is InChI=1S/C24H25BrF3N3O2/c25-15-3-1-14(2-4-15)11-21(22(32)30-16-5-9-29-10-6-16)31-23(33)24(7-8-24)17-12-19(27)20(28)13-18(17)26/h1-4,12-13,16,21,29H,5-11H2,(H,30,32)(H,31,33). The van der Waals surface area contributed by atoms with Crippen LogP contribution in [0.3, 0.4) is 0 Å². The average molecular weight is 524 g/mol. The van der Waals surface area contributed by atoms with Crippen LogP contribution in [-0.2, 0) is 21.4 Å². The minimum absolute atomic E-state index is 0.00148. The monoisotopic (exact) mass is 523 g/mol. The third-order valence-electron chi connectivity index (χ3n) is 6.37. The smallest absolute Gasteiger partial charge is 0.243 e. The molecule has 2 aromatic carbocycles. The number of carbonyl (C=O) groups excluding carboxylic acids is 2. The summed E-state index contributed by atoms with van der Waals surface area (Å²) in [6.07, 6.45) is 2.40. The van der Waals surface area contributed by atoms with E-state index >= 15 is 0 Å². The van der Waals surface area contributed by atoms with E-state index in [4.69, 9.17) is 0 Å². The number of nitrogens with one attached hydrogen (secondary N) is 3. The maximum absolute atomic E-state index is 14.4. The lowest BCUT2D eigenvalue weighted by Gasteiger charge is -2.28. The summed E-state index contributed by atoms with van der Waals surface area (Å²) >= 11 is 3.38. The summed E-state index contributed by atoms with van der Waals surface area (Å²) in [5, 5.41) is 9.02. The number of amides is 2. The SMILES string of the molecule is O=C(NC1CCNCC1)C(Cc1ccc(Br)cc1)NC(=O)C1(c2cc(F)c(F)cc2F)CC1. The van der Waals surface area contributed by atoms with Crippen molar-refractivity contribution in [1.29, 1.82) is 0 Å². The molecule has 176 valence electrons. The summed E-state index contributed by atoms with van der Waals surface area (Å²) in [6, 6.07) is 7.71. The van der Waals surface area contributed by atoms with Crippen molar-refractivity contribution in [1.82, 2.24) is 16.0 Å². The molecule has 0 radical (unpaired) electrons. The van der Waals surface area contributed by atoms with Gasteiger partial charge in [0, 0.05) is 28.6 Å². The lowest BCUT2D eigenvalue weighted by atomic mass is 9.93. The van der Waals surface area contributed by atoms with E-state index in [-0.39, 0.29) is 23.9 Å². The van der Waals surface area contributed by atoms with Crippen molar-refractivity contribution < 1.29 is 22.8 Å². The first kappa shape index (κ1) is 23.8. The van der Waals surface area contributed by atoms with Crippen LogP contribution in [0.4, 0.5) is 13.2 Å². The van der Waals surface area contributed by atoms with Crippen molar-refractivity contribution in [3.05, 3.63) is 69.4 Å². The molecule has 3 N–H and O–H groups in total. The first-order valence-electron chi connectivity index (χ1n) is 11.0. The molecule has 5 nitrogen and oxygen atoms in total. The number of hydrogen-bond acceptors (Lipinski definition) is 3. The van der Waals surface area contributed by atoms with Crippen LogP contribution >= 0.6 is 15.9 Å². The molecule has 2 amide bonds. The molecule has 1 saturated carbocycles. The van der Waals surface area contributed by atoms with E-state index in [1.807, 2.05) is 24.3 Å². The van der Waals surface area contributed by atoms with Crippen LogP contribution in [0.5, 0.6) is 0 Å². The summed E-state index contributed by atoms with van der Waals surface area (Å²) < 4.78 is 42.5. The molecule has 2 fully saturated rings. The summed E-state index contributed by atoms with van der Waals surface area (Å²) in [7, 11) is 0. The van der Waals surface area contributed by atoms with Gasteiger partial charge in [-0.2, -0.15) is 0 Å². The van der Waals surface area contributed by atoms with Gasteiger partial charge in [0.1, 0.15) is 11.9 Å². The third-order valence-corrected chi connectivity index (χ3v) is 6.90. The second-order valence-electron chi connectivity index (χ2n) is 8.72. The molecule has 33 heavy (non-hydrogen) atoms. The maximum Gasteiger partial charge on any atom is 0.243 e. The van der Waals surface area contributed by atoms with Gasteiger partial charge in [-0.05, 0) is 62.5 Å². The highest BCUT2D eigenvalue weighted by Gasteiger charge is 2.53. The topological polar surface area (TPSA) is 70.2 Å². The van der Waals surface area contributed by atoms with Crippen LogP contribution in [0.15, 0.2) is 40.9 Å². The first-order valence-corrected chi connectivity index (χ1v) is 11.8. The van der Waals surface area contributed by atoms with Crippen LogP contribution in [0.2, 0.25) is 0 Å². The van der Waals surface area contributed by atoms with Crippen LogP contribution in [0, 0.1) is 17.5 Å². The van der Waals surface area contributed by atoms with Gasteiger partial charge in [-0.3, -0.25) is 9.59 Å². The van der Waals surface area contributed by atoms with Gasteiger partial charge in [0.2, 0.25) is 11.8 Å². The molecular weight excluding hydrogens is 499 g/mol. The Morgan fingerprint density at radius 3 is 2.30 bits per heavy atom. The quantitative estimate of drug-likeness (QED) is 0.486. The Kier molecular flexibility index (Phi) is 7.09. The Morgan fingerprint density at radius 1 is 1.03 bits per heavy atom. The van der Waals surface area contributed by atoms with Gasteiger partial charge in [0.15, 0.2) is 11.6 Å². The maximum atomic E-state index is 14.4. The molecule has 2 aliphatic rings. The van der Waals surface area contributed by atoms with Crippen LogP contribution in [-0.4, -0.2) is 37.0 Å². The molecule has 2 aromatic rings. The van der Waals surface area contributed by atoms with Crippen molar-refractivity contribution in [3.63, 3.8) is 0 Å². The lowest BCUT2D eigenvalue weighted by molar-refractivity contribution is -0.130. The lowest BCUT2D eigenvalue weighted by Crippen LogP contribution is -2.54. The first-order chi connectivity index (χ1) is 15.8. The molecule has 9 heteroatoms. The normalized spacial score (nSPS) is 18.4. The van der Waals surface area contributed by atoms with Gasteiger partial charge in [-0.15, -0.1) is 0 Å². The predicted molar refractivity (Wildman–Crippen MR) is 121 cm³/mol. The number of benzene rings is 2. The van der Waals surface area contributed by atoms with E-state index in [1.54, 1.807) is 0 Å². The fourth-order valence-corrected chi connectivity index (χ4v) is 4.53. The van der Waals surface area contributed by atoms with E-state index in [2.05, 4.69) is 31.9 Å². The highest BCUT2D eigenvalue weighted by Crippen LogP contribution is 2.49. The summed E-state index contributed by atoms with van der Waals surface area (Å²) in [5.41, 5.74) is -0.640. The highest BCUT2D eigenvalue weighted by atomic mass is 79.9. The number of hydrogen-bond donors (Lipinski definition) is 3. The number of rotatable bonds is 7. The summed E-state index contributed by atoms with van der Waals surface area (Å²) in [5.74, 6) is -4.36. The Labute approximate surface area is 198 Å². The molecule has 1 aliphatic carbocycles. The van der Waals surface area contributed by atoms with Crippen LogP contribution in [0.25, 0.3) is 0 Å². The second-order valence-corrected chi connectivity index (χ2v) is 9.63. The van der Waals surface area contributed by atoms with Gasteiger partial charge in [-0.1, -0.05) is 28.1 Å². The zero-order valence-corrected chi connectivity index (χ0v) is 19.5. The molecule has 1 saturated heterocycles. The zero-order chi connectivity index (χ0) is 23.6. The molecule has 1 heterocycles. The average Bonchev–Trinajstić information content (AvgIpc) is 3.60. The molecule has 1 aliphatic heterocycles. The molecule has 0 aromatic heterocycles. The largest absolute Gasteiger partial charge is 0.351 e. The Bertz CT molecular complexity index is 1040. The number of piperidine rings is 1. The zero-order valence-electron chi connectivity index (χ0n) is 17.9. The fourth-order valence-electron chi connectivity index (χ4n) is 4.26. The van der Waals surface area contributed by atoms with Gasteiger partial charge in [0.05, 0.1) is 5.41 Å². The molecule has 0 bridgehead atoms. The van der Waals surface area contributed by atoms with E-state index in [0.717, 1.165) is 42.0 Å². The summed E-state index contributed by atoms with van der Waals surface area (Å²) in [4.78, 5) is 26.4. The number of halogens is 4. The molecular formula is C24H25BrF3N3O2. The molecule has 1 atom stereocenters. The summed E-state index contributed by atoms with van der Waals surface area (Å²) in [6.45, 7) is 1.60. The third kappa shape index (κ3) is 5.41. The fraction of sp³-hybridized carbons (Fsp3) is 0.417. The minimum Gasteiger partial charge on any atom is -0.351 e. The molecule has 4 rings (SSSR count). The van der Waals surface area contributed by atoms with Crippen molar-refractivity contribution in [2.45, 2.75) is 49.6 Å². The molecule has 1 unspecified atom stereocenters. The Morgan fingerprint density at radius 2 is 1.67 bits per heavy atom. The van der Waals surface area contributed by atoms with E-state index in [0.29, 0.717) is 18.9 Å². The minimum atomic E-state index is -1.30. The van der Waals surface area contributed by atoms with Crippen molar-refractivity contribution >= 4 is 27.7 Å². The van der Waals surface area contributed by atoms with Gasteiger partial charge >= 0.3 is 0 Å². The van der Waals surface area contributed by atoms with E-state index in [1.165, 1.54) is 0 Å². The van der Waals surface area contributed by atoms with Crippen molar-refractivity contribution in [3.8, 4) is 0 Å². The van der Waals surface area contributed by atoms with Crippen LogP contribution < -0.4 is 16.0 Å². The van der Waals surface area contributed by atoms with Gasteiger partial charge < -0.3 is 16.0 Å². The van der Waals surface area contributed by atoms with Gasteiger partial charge in [0.25, 0.3) is 0 Å². The van der Waals surface area contributed by atoms with Gasteiger partial charge in [-0.25, -0.2) is 13.2 Å². The van der Waals surface area contributed by atoms with Crippen molar-refractivity contribution in [2.75, 3.05) is 13.1 Å². The Balaban J connectivity index is 1.54. The number of carbonyl (C=O) groups is 2. The van der Waals surface area contributed by atoms with Crippen molar-refractivity contribution in [2.24, 2.45) is 0 Å². The van der Waals surface area contributed by atoms with E-state index < -0.39 is 34.8 Å². The van der Waals surface area contributed by atoms with E-state index in [9.17, 15) is 22.8 Å². The Hall–Kier alpha value is -2.39. The predicted octanol–water partition coefficient (Wildman–Crippen LogP) is 3.49. The highest BCUT2D eigenvalue weighted by molar-refractivity contribution is 9.10.